The Morgan fingerprint density at radius 1 is 1.16 bits per heavy atom. The van der Waals surface area contributed by atoms with E-state index in [1.54, 1.807) is 7.11 Å². The number of H-pyrrole nitrogens is 1. The Labute approximate surface area is 188 Å². The molecule has 6 nitrogen and oxygen atoms in total. The molecule has 1 aliphatic heterocycles. The molecule has 0 saturated carbocycles. The molecule has 32 heavy (non-hydrogen) atoms. The lowest BCUT2D eigenvalue weighted by molar-refractivity contribution is -0.126. The summed E-state index contributed by atoms with van der Waals surface area (Å²) in [5.74, 6) is 1.06. The van der Waals surface area contributed by atoms with Gasteiger partial charge in [-0.2, -0.15) is 0 Å². The Balaban J connectivity index is 1.31. The van der Waals surface area contributed by atoms with Crippen molar-refractivity contribution in [3.63, 3.8) is 0 Å². The third-order valence-corrected chi connectivity index (χ3v) is 6.72. The zero-order valence-electron chi connectivity index (χ0n) is 19.0. The van der Waals surface area contributed by atoms with Gasteiger partial charge in [-0.3, -0.25) is 9.59 Å². The molecule has 1 aliphatic rings. The molecule has 0 bridgehead atoms. The van der Waals surface area contributed by atoms with E-state index in [1.807, 2.05) is 54.3 Å². The Kier molecular flexibility index (Phi) is 6.49. The van der Waals surface area contributed by atoms with E-state index in [2.05, 4.69) is 23.3 Å². The average Bonchev–Trinajstić information content (AvgIpc) is 3.26. The summed E-state index contributed by atoms with van der Waals surface area (Å²) in [5.41, 5.74) is 3.81. The number of aromatic amines is 1. The number of ether oxygens (including phenoxy) is 1. The molecule has 2 heterocycles. The van der Waals surface area contributed by atoms with Crippen molar-refractivity contribution < 1.29 is 14.3 Å². The zero-order chi connectivity index (χ0) is 22.7. The molecule has 0 radical (unpaired) electrons. The summed E-state index contributed by atoms with van der Waals surface area (Å²) in [5, 5.41) is 4.08. The number of nitrogens with one attached hydrogen (secondary N) is 2. The molecule has 1 aromatic heterocycles. The number of hydrogen-bond donors (Lipinski definition) is 2. The van der Waals surface area contributed by atoms with Crippen LogP contribution in [0.3, 0.4) is 0 Å². The number of fused-ring (bicyclic) bond motifs is 1. The van der Waals surface area contributed by atoms with Crippen molar-refractivity contribution in [2.24, 2.45) is 11.8 Å². The molecule has 6 heteroatoms. The largest absolute Gasteiger partial charge is 0.497 e. The number of methoxy groups -OCH3 is 1. The zero-order valence-corrected chi connectivity index (χ0v) is 19.0. The predicted octanol–water partition coefficient (Wildman–Crippen LogP) is 4.29. The maximum Gasteiger partial charge on any atom is 0.270 e. The quantitative estimate of drug-likeness (QED) is 0.609. The number of piperidine rings is 1. The standard InChI is InChI=1S/C26H31N3O3/c1-17-6-4-5-7-21(17)16-27-25(30)18(2)19-10-12-29(13-11-19)26(31)24-14-20-8-9-22(32-3)15-23(20)28-24/h4-9,14-15,18-19,28H,10-13,16H2,1-3H3,(H,27,30)/t18-/m1/s1. The second-order valence-electron chi connectivity index (χ2n) is 8.70. The molecule has 2 aromatic carbocycles. The van der Waals surface area contributed by atoms with Gasteiger partial charge < -0.3 is 19.9 Å². The van der Waals surface area contributed by atoms with Crippen LogP contribution in [0.15, 0.2) is 48.5 Å². The fourth-order valence-corrected chi connectivity index (χ4v) is 4.49. The second kappa shape index (κ2) is 9.47. The summed E-state index contributed by atoms with van der Waals surface area (Å²) >= 11 is 0. The first kappa shape index (κ1) is 21.9. The van der Waals surface area contributed by atoms with E-state index in [-0.39, 0.29) is 23.7 Å². The molecule has 4 rings (SSSR count). The molecular weight excluding hydrogens is 402 g/mol. The van der Waals surface area contributed by atoms with Gasteiger partial charge in [0.1, 0.15) is 11.4 Å². The summed E-state index contributed by atoms with van der Waals surface area (Å²) in [6.45, 7) is 5.94. The van der Waals surface area contributed by atoms with E-state index in [0.717, 1.165) is 35.1 Å². The van der Waals surface area contributed by atoms with Crippen molar-refractivity contribution in [3.05, 3.63) is 65.4 Å². The maximum absolute atomic E-state index is 13.0. The van der Waals surface area contributed by atoms with Crippen molar-refractivity contribution in [2.75, 3.05) is 20.2 Å². The number of hydrogen-bond acceptors (Lipinski definition) is 3. The smallest absolute Gasteiger partial charge is 0.270 e. The van der Waals surface area contributed by atoms with Crippen LogP contribution in [0.2, 0.25) is 0 Å². The summed E-state index contributed by atoms with van der Waals surface area (Å²) in [6, 6.07) is 15.7. The van der Waals surface area contributed by atoms with Gasteiger partial charge >= 0.3 is 0 Å². The molecule has 1 saturated heterocycles. The van der Waals surface area contributed by atoms with Crippen molar-refractivity contribution in [1.82, 2.24) is 15.2 Å². The fourth-order valence-electron chi connectivity index (χ4n) is 4.49. The number of likely N-dealkylation sites (tertiary alicyclic amines) is 1. The van der Waals surface area contributed by atoms with Gasteiger partial charge in [0.15, 0.2) is 0 Å². The lowest BCUT2D eigenvalue weighted by Gasteiger charge is -2.34. The van der Waals surface area contributed by atoms with Gasteiger partial charge in [0.2, 0.25) is 5.91 Å². The minimum Gasteiger partial charge on any atom is -0.497 e. The predicted molar refractivity (Wildman–Crippen MR) is 126 cm³/mol. The molecule has 2 N–H and O–H groups in total. The first-order chi connectivity index (χ1) is 15.5. The molecular formula is C26H31N3O3. The van der Waals surface area contributed by atoms with Crippen LogP contribution in [0.5, 0.6) is 5.75 Å². The number of benzene rings is 2. The van der Waals surface area contributed by atoms with Gasteiger partial charge in [0.05, 0.1) is 7.11 Å². The van der Waals surface area contributed by atoms with Crippen LogP contribution in [-0.2, 0) is 11.3 Å². The van der Waals surface area contributed by atoms with E-state index in [1.165, 1.54) is 5.56 Å². The van der Waals surface area contributed by atoms with Crippen LogP contribution in [0.4, 0.5) is 0 Å². The van der Waals surface area contributed by atoms with E-state index in [0.29, 0.717) is 25.3 Å². The Morgan fingerprint density at radius 2 is 1.91 bits per heavy atom. The third kappa shape index (κ3) is 4.64. The van der Waals surface area contributed by atoms with Gasteiger partial charge in [-0.25, -0.2) is 0 Å². The molecule has 1 atom stereocenters. The summed E-state index contributed by atoms with van der Waals surface area (Å²) < 4.78 is 5.26. The normalized spacial score (nSPS) is 15.5. The maximum atomic E-state index is 13.0. The van der Waals surface area contributed by atoms with Crippen molar-refractivity contribution in [1.29, 1.82) is 0 Å². The first-order valence-electron chi connectivity index (χ1n) is 11.2. The third-order valence-electron chi connectivity index (χ3n) is 6.72. The molecule has 1 fully saturated rings. The van der Waals surface area contributed by atoms with Crippen LogP contribution >= 0.6 is 0 Å². The molecule has 3 aromatic rings. The van der Waals surface area contributed by atoms with Crippen molar-refractivity contribution in [3.8, 4) is 5.75 Å². The van der Waals surface area contributed by atoms with Gasteiger partial charge in [-0.15, -0.1) is 0 Å². The number of aromatic nitrogens is 1. The average molecular weight is 434 g/mol. The molecule has 0 spiro atoms. The van der Waals surface area contributed by atoms with Crippen molar-refractivity contribution >= 4 is 22.7 Å². The fraction of sp³-hybridized carbons (Fsp3) is 0.385. The van der Waals surface area contributed by atoms with Crippen LogP contribution in [0.1, 0.15) is 41.4 Å². The summed E-state index contributed by atoms with van der Waals surface area (Å²) in [6.07, 6.45) is 1.66. The number of carbonyl (C=O) groups excluding carboxylic acids is 2. The monoisotopic (exact) mass is 433 g/mol. The SMILES string of the molecule is COc1ccc2cc(C(=O)N3CCC([C@@H](C)C(=O)NCc4ccccc4C)CC3)[nH]c2c1. The highest BCUT2D eigenvalue weighted by Gasteiger charge is 2.30. The number of carbonyl (C=O) groups is 2. The van der Waals surface area contributed by atoms with Crippen LogP contribution in [0, 0.1) is 18.8 Å². The first-order valence-corrected chi connectivity index (χ1v) is 11.2. The number of aryl methyl sites for hydroxylation is 1. The molecule has 0 unspecified atom stereocenters. The van der Waals surface area contributed by atoms with Crippen molar-refractivity contribution in [2.45, 2.75) is 33.2 Å². The lowest BCUT2D eigenvalue weighted by Crippen LogP contribution is -2.42. The second-order valence-corrected chi connectivity index (χ2v) is 8.70. The minimum absolute atomic E-state index is 0.00951. The van der Waals surface area contributed by atoms with Gasteiger partial charge in [-0.05, 0) is 55.0 Å². The van der Waals surface area contributed by atoms with E-state index < -0.39 is 0 Å². The summed E-state index contributed by atoms with van der Waals surface area (Å²) in [7, 11) is 1.63. The van der Waals surface area contributed by atoms with Crippen LogP contribution in [-0.4, -0.2) is 41.9 Å². The molecule has 2 amide bonds. The highest BCUT2D eigenvalue weighted by Crippen LogP contribution is 2.27. The highest BCUT2D eigenvalue weighted by atomic mass is 16.5. The van der Waals surface area contributed by atoms with E-state index in [9.17, 15) is 9.59 Å². The number of rotatable bonds is 6. The van der Waals surface area contributed by atoms with E-state index in [4.69, 9.17) is 4.74 Å². The number of nitrogens with zero attached hydrogens (tertiary/aromatic N) is 1. The van der Waals surface area contributed by atoms with Gasteiger partial charge in [0, 0.05) is 42.5 Å². The topological polar surface area (TPSA) is 74.4 Å². The van der Waals surface area contributed by atoms with Crippen LogP contribution in [0.25, 0.3) is 10.9 Å². The Morgan fingerprint density at radius 3 is 2.62 bits per heavy atom. The van der Waals surface area contributed by atoms with Gasteiger partial charge in [-0.1, -0.05) is 31.2 Å². The Bertz CT molecular complexity index is 1110. The lowest BCUT2D eigenvalue weighted by atomic mass is 9.84. The summed E-state index contributed by atoms with van der Waals surface area (Å²) in [4.78, 5) is 30.8. The molecule has 0 aliphatic carbocycles. The van der Waals surface area contributed by atoms with E-state index >= 15 is 0 Å². The number of amides is 2. The van der Waals surface area contributed by atoms with Gasteiger partial charge in [0.25, 0.3) is 5.91 Å². The van der Waals surface area contributed by atoms with Crippen LogP contribution < -0.4 is 10.1 Å². The highest BCUT2D eigenvalue weighted by molar-refractivity contribution is 5.98. The minimum atomic E-state index is -0.0724. The molecule has 168 valence electrons. The Hall–Kier alpha value is -3.28.